The molecule has 0 unspecified atom stereocenters. The van der Waals surface area contributed by atoms with E-state index in [2.05, 4.69) is 16.9 Å². The average molecular weight is 369 g/mol. The van der Waals surface area contributed by atoms with E-state index in [1.165, 1.54) is 15.3 Å². The van der Waals surface area contributed by atoms with Crippen LogP contribution in [-0.2, 0) is 12.8 Å². The highest BCUT2D eigenvalue weighted by Gasteiger charge is 2.13. The number of halogens is 2. The van der Waals surface area contributed by atoms with Gasteiger partial charge in [-0.05, 0) is 30.7 Å². The van der Waals surface area contributed by atoms with Gasteiger partial charge in [-0.25, -0.2) is 9.97 Å². The molecule has 0 atom stereocenters. The molecule has 0 amide bonds. The molecule has 114 valence electrons. The van der Waals surface area contributed by atoms with Gasteiger partial charge in [-0.15, -0.1) is 22.7 Å². The van der Waals surface area contributed by atoms with Crippen molar-refractivity contribution in [2.24, 2.45) is 0 Å². The molecule has 0 aromatic carbocycles. The molecule has 0 spiro atoms. The number of aryl methyl sites for hydroxylation is 2. The predicted octanol–water partition coefficient (Wildman–Crippen LogP) is 6.04. The van der Waals surface area contributed by atoms with Crippen LogP contribution in [0.4, 0.5) is 0 Å². The molecule has 0 saturated carbocycles. The lowest BCUT2D eigenvalue weighted by molar-refractivity contribution is 0.944. The number of hydrogen-bond acceptors (Lipinski definition) is 4. The Bertz CT molecular complexity index is 808. The molecule has 2 nitrogen and oxygen atoms in total. The van der Waals surface area contributed by atoms with Crippen LogP contribution in [0.3, 0.4) is 0 Å². The zero-order valence-electron chi connectivity index (χ0n) is 12.2. The molecule has 3 aromatic rings. The van der Waals surface area contributed by atoms with Gasteiger partial charge in [0, 0.05) is 28.8 Å². The van der Waals surface area contributed by atoms with Crippen molar-refractivity contribution in [1.29, 1.82) is 0 Å². The van der Waals surface area contributed by atoms with Gasteiger partial charge >= 0.3 is 0 Å². The molecule has 0 radical (unpaired) electrons. The van der Waals surface area contributed by atoms with Crippen molar-refractivity contribution in [3.63, 3.8) is 0 Å². The first-order chi connectivity index (χ1) is 10.6. The Morgan fingerprint density at radius 1 is 1.18 bits per heavy atom. The van der Waals surface area contributed by atoms with Crippen LogP contribution < -0.4 is 0 Å². The Morgan fingerprint density at radius 3 is 2.68 bits per heavy atom. The third kappa shape index (κ3) is 3.35. The van der Waals surface area contributed by atoms with Crippen molar-refractivity contribution in [3.05, 3.63) is 54.9 Å². The van der Waals surface area contributed by atoms with Gasteiger partial charge in [-0.1, -0.05) is 30.1 Å². The zero-order chi connectivity index (χ0) is 15.7. The van der Waals surface area contributed by atoms with Crippen molar-refractivity contribution < 1.29 is 0 Å². The fourth-order valence-corrected chi connectivity index (χ4v) is 4.90. The van der Waals surface area contributed by atoms with Crippen LogP contribution in [0.25, 0.3) is 10.6 Å². The molecule has 0 fully saturated rings. The van der Waals surface area contributed by atoms with E-state index in [1.807, 2.05) is 25.1 Å². The van der Waals surface area contributed by atoms with Gasteiger partial charge in [-0.3, -0.25) is 0 Å². The summed E-state index contributed by atoms with van der Waals surface area (Å²) in [6.45, 7) is 4.14. The molecule has 0 saturated heterocycles. The highest BCUT2D eigenvalue weighted by Crippen LogP contribution is 2.37. The first kappa shape index (κ1) is 15.9. The smallest absolute Gasteiger partial charge is 0.128 e. The quantitative estimate of drug-likeness (QED) is 0.561. The van der Waals surface area contributed by atoms with Crippen molar-refractivity contribution in [2.45, 2.75) is 26.7 Å². The van der Waals surface area contributed by atoms with Gasteiger partial charge in [0.15, 0.2) is 0 Å². The van der Waals surface area contributed by atoms with E-state index >= 15 is 0 Å². The Hall–Kier alpha value is -0.940. The summed E-state index contributed by atoms with van der Waals surface area (Å²) in [5, 5.41) is 0.750. The lowest BCUT2D eigenvalue weighted by Gasteiger charge is -2.00. The molecule has 3 heterocycles. The van der Waals surface area contributed by atoms with Crippen molar-refractivity contribution in [3.8, 4) is 10.6 Å². The summed E-state index contributed by atoms with van der Waals surface area (Å²) in [4.78, 5) is 12.3. The first-order valence-corrected chi connectivity index (χ1v) is 9.31. The van der Waals surface area contributed by atoms with Gasteiger partial charge in [0.2, 0.25) is 0 Å². The summed E-state index contributed by atoms with van der Waals surface area (Å²) in [7, 11) is 0. The fourth-order valence-electron chi connectivity index (χ4n) is 2.22. The van der Waals surface area contributed by atoms with Crippen molar-refractivity contribution >= 4 is 45.9 Å². The van der Waals surface area contributed by atoms with Crippen LogP contribution in [0, 0.1) is 6.92 Å². The van der Waals surface area contributed by atoms with Gasteiger partial charge in [0.25, 0.3) is 0 Å². The molecule has 0 bridgehead atoms. The Morgan fingerprint density at radius 2 is 2.00 bits per heavy atom. The minimum atomic E-state index is 0.750. The maximum absolute atomic E-state index is 6.41. The first-order valence-electron chi connectivity index (χ1n) is 6.92. The van der Waals surface area contributed by atoms with E-state index < -0.39 is 0 Å². The molecule has 0 aliphatic heterocycles. The molecule has 3 rings (SSSR count). The van der Waals surface area contributed by atoms with Gasteiger partial charge in [0.1, 0.15) is 5.82 Å². The number of thiophene rings is 2. The number of aromatic nitrogens is 2. The molecular weight excluding hydrogens is 355 g/mol. The lowest BCUT2D eigenvalue weighted by Crippen LogP contribution is -1.92. The van der Waals surface area contributed by atoms with Crippen LogP contribution in [0.5, 0.6) is 0 Å². The van der Waals surface area contributed by atoms with Gasteiger partial charge < -0.3 is 0 Å². The van der Waals surface area contributed by atoms with Crippen molar-refractivity contribution in [1.82, 2.24) is 9.97 Å². The minimum absolute atomic E-state index is 0.750. The topological polar surface area (TPSA) is 25.8 Å². The Balaban J connectivity index is 1.92. The second-order valence-electron chi connectivity index (χ2n) is 4.91. The number of nitrogens with zero attached hydrogens (tertiary/aromatic N) is 2. The average Bonchev–Trinajstić information content (AvgIpc) is 3.01. The number of rotatable bonds is 4. The number of hydrogen-bond donors (Lipinski definition) is 0. The second kappa shape index (κ2) is 6.67. The SMILES string of the molecule is CCc1nccc(-c2sc(Cc3cc(Cl)sc3C)cc2Cl)n1. The fraction of sp³-hybridized carbons (Fsp3) is 0.250. The Labute approximate surface area is 147 Å². The van der Waals surface area contributed by atoms with Crippen LogP contribution in [0.2, 0.25) is 9.36 Å². The normalized spacial score (nSPS) is 11.1. The molecule has 22 heavy (non-hydrogen) atoms. The Kier molecular flexibility index (Phi) is 4.83. The maximum atomic E-state index is 6.41. The van der Waals surface area contributed by atoms with Gasteiger partial charge in [0.05, 0.1) is 19.9 Å². The van der Waals surface area contributed by atoms with Crippen LogP contribution >= 0.6 is 45.9 Å². The highest BCUT2D eigenvalue weighted by atomic mass is 35.5. The summed E-state index contributed by atoms with van der Waals surface area (Å²) in [5.41, 5.74) is 2.16. The molecule has 0 aliphatic rings. The molecule has 6 heteroatoms. The van der Waals surface area contributed by atoms with Gasteiger partial charge in [-0.2, -0.15) is 0 Å². The molecule has 3 aromatic heterocycles. The van der Waals surface area contributed by atoms with Crippen LogP contribution in [0.1, 0.15) is 28.1 Å². The van der Waals surface area contributed by atoms with E-state index in [4.69, 9.17) is 23.2 Å². The summed E-state index contributed by atoms with van der Waals surface area (Å²) in [6, 6.07) is 5.97. The minimum Gasteiger partial charge on any atom is -0.241 e. The summed E-state index contributed by atoms with van der Waals surface area (Å²) in [6.07, 6.45) is 3.46. The molecule has 0 N–H and O–H groups in total. The molecular formula is C16H14Cl2N2S2. The zero-order valence-corrected chi connectivity index (χ0v) is 15.3. The van der Waals surface area contributed by atoms with E-state index in [9.17, 15) is 0 Å². The standard InChI is InChI=1S/C16H14Cl2N2S2/c1-3-15-19-5-4-13(20-15)16-12(17)8-11(22-16)6-10-7-14(18)21-9(10)2/h4-5,7-8H,3,6H2,1-2H3. The van der Waals surface area contributed by atoms with E-state index in [0.717, 1.165) is 38.6 Å². The van der Waals surface area contributed by atoms with E-state index in [1.54, 1.807) is 28.9 Å². The molecule has 0 aliphatic carbocycles. The summed E-state index contributed by atoms with van der Waals surface area (Å²) < 4.78 is 0.832. The highest BCUT2D eigenvalue weighted by molar-refractivity contribution is 7.17. The third-order valence-electron chi connectivity index (χ3n) is 3.35. The second-order valence-corrected chi connectivity index (χ2v) is 8.34. The van der Waals surface area contributed by atoms with E-state index in [0.29, 0.717) is 0 Å². The third-order valence-corrected chi connectivity index (χ3v) is 6.14. The monoisotopic (exact) mass is 368 g/mol. The van der Waals surface area contributed by atoms with Crippen molar-refractivity contribution in [2.75, 3.05) is 0 Å². The summed E-state index contributed by atoms with van der Waals surface area (Å²) >= 11 is 15.8. The van der Waals surface area contributed by atoms with Crippen LogP contribution in [0.15, 0.2) is 24.4 Å². The van der Waals surface area contributed by atoms with Crippen LogP contribution in [-0.4, -0.2) is 9.97 Å². The lowest BCUT2D eigenvalue weighted by atomic mass is 10.2. The van der Waals surface area contributed by atoms with E-state index in [-0.39, 0.29) is 0 Å². The predicted molar refractivity (Wildman–Crippen MR) is 96.6 cm³/mol. The summed E-state index contributed by atoms with van der Waals surface area (Å²) in [5.74, 6) is 0.837. The maximum Gasteiger partial charge on any atom is 0.128 e. The largest absolute Gasteiger partial charge is 0.241 e.